The average Bonchev–Trinajstić information content (AvgIpc) is 2.37. The van der Waals surface area contributed by atoms with E-state index in [0.29, 0.717) is 12.4 Å². The van der Waals surface area contributed by atoms with E-state index in [9.17, 15) is 0 Å². The van der Waals surface area contributed by atoms with Crippen molar-refractivity contribution in [3.8, 4) is 0 Å². The van der Waals surface area contributed by atoms with Crippen molar-refractivity contribution < 1.29 is 4.74 Å². The van der Waals surface area contributed by atoms with Crippen LogP contribution in [0.3, 0.4) is 0 Å². The Balaban J connectivity index is 2.25. The van der Waals surface area contributed by atoms with Gasteiger partial charge in [-0.1, -0.05) is 6.08 Å². The van der Waals surface area contributed by atoms with Gasteiger partial charge < -0.3 is 15.4 Å². The number of hydrogen-bond donors (Lipinski definition) is 1. The number of nitrogens with two attached hydrogens (primary N) is 1. The van der Waals surface area contributed by atoms with Gasteiger partial charge in [0.1, 0.15) is 5.82 Å². The van der Waals surface area contributed by atoms with Crippen LogP contribution in [0.2, 0.25) is 0 Å². The minimum Gasteiger partial charge on any atom is -0.384 e. The fourth-order valence-electron chi connectivity index (χ4n) is 2.10. The molecule has 1 aliphatic heterocycles. The Bertz CT molecular complexity index is 441. The maximum Gasteiger partial charge on any atom is 0.123 e. The quantitative estimate of drug-likeness (QED) is 0.877. The van der Waals surface area contributed by atoms with Crippen molar-refractivity contribution in [2.75, 3.05) is 39.6 Å². The lowest BCUT2D eigenvalue weighted by molar-refractivity contribution is 0.161. The Morgan fingerprint density at radius 3 is 2.89 bits per heavy atom. The van der Waals surface area contributed by atoms with Crippen molar-refractivity contribution in [3.63, 3.8) is 0 Å². The molecule has 0 saturated heterocycles. The predicted molar refractivity (Wildman–Crippen MR) is 74.3 cm³/mol. The molecule has 1 aliphatic rings. The minimum absolute atomic E-state index is 0.597. The molecule has 4 heteroatoms. The maximum atomic E-state index is 5.79. The molecule has 0 amide bonds. The summed E-state index contributed by atoms with van der Waals surface area (Å²) >= 11 is 0. The molecule has 2 rings (SSSR count). The van der Waals surface area contributed by atoms with Gasteiger partial charge in [0.2, 0.25) is 0 Å². The Hall–Kier alpha value is -1.39. The summed E-state index contributed by atoms with van der Waals surface area (Å²) < 4.78 is 5.35. The van der Waals surface area contributed by atoms with Crippen LogP contribution in [-0.4, -0.2) is 43.7 Å². The molecule has 18 heavy (non-hydrogen) atoms. The van der Waals surface area contributed by atoms with E-state index in [0.717, 1.165) is 31.7 Å². The van der Waals surface area contributed by atoms with Gasteiger partial charge in [-0.2, -0.15) is 0 Å². The molecule has 0 saturated carbocycles. The van der Waals surface area contributed by atoms with Gasteiger partial charge in [-0.25, -0.2) is 4.98 Å². The molecule has 0 unspecified atom stereocenters. The molecule has 2 N–H and O–H groups in total. The smallest absolute Gasteiger partial charge is 0.123 e. The van der Waals surface area contributed by atoms with E-state index in [4.69, 9.17) is 10.5 Å². The number of anilines is 1. The number of aromatic nitrogens is 1. The number of pyridine rings is 1. The molecule has 0 radical (unpaired) electrons. The maximum absolute atomic E-state index is 5.79. The molecule has 0 spiro atoms. The number of nitrogen functional groups attached to an aromatic ring is 1. The monoisotopic (exact) mass is 247 g/mol. The Labute approximate surface area is 108 Å². The molecular weight excluding hydrogens is 226 g/mol. The topological polar surface area (TPSA) is 51.4 Å². The predicted octanol–water partition coefficient (Wildman–Crippen LogP) is 1.57. The molecule has 0 bridgehead atoms. The first-order chi connectivity index (χ1) is 8.66. The zero-order valence-corrected chi connectivity index (χ0v) is 11.1. The first-order valence-electron chi connectivity index (χ1n) is 6.34. The van der Waals surface area contributed by atoms with E-state index in [1.807, 2.05) is 6.07 Å². The summed E-state index contributed by atoms with van der Waals surface area (Å²) in [4.78, 5) is 6.65. The molecule has 98 valence electrons. The van der Waals surface area contributed by atoms with Gasteiger partial charge in [-0.05, 0) is 43.8 Å². The van der Waals surface area contributed by atoms with E-state index in [-0.39, 0.29) is 0 Å². The van der Waals surface area contributed by atoms with Crippen molar-refractivity contribution in [2.45, 2.75) is 12.8 Å². The number of rotatable bonds is 4. The van der Waals surface area contributed by atoms with Crippen LogP contribution in [0.4, 0.5) is 5.82 Å². The van der Waals surface area contributed by atoms with Crippen LogP contribution in [0, 0.1) is 0 Å². The zero-order chi connectivity index (χ0) is 13.0. The zero-order valence-electron chi connectivity index (χ0n) is 11.1. The third-order valence-corrected chi connectivity index (χ3v) is 3.10. The van der Waals surface area contributed by atoms with Crippen LogP contribution in [-0.2, 0) is 11.2 Å². The Morgan fingerprint density at radius 1 is 1.39 bits per heavy atom. The van der Waals surface area contributed by atoms with Gasteiger partial charge in [-0.15, -0.1) is 0 Å². The first kappa shape index (κ1) is 13.1. The van der Waals surface area contributed by atoms with Crippen LogP contribution < -0.4 is 5.73 Å². The fraction of sp³-hybridized carbons (Fsp3) is 0.500. The van der Waals surface area contributed by atoms with Gasteiger partial charge in [-0.3, -0.25) is 0 Å². The van der Waals surface area contributed by atoms with Crippen LogP contribution in [0.25, 0.3) is 5.57 Å². The van der Waals surface area contributed by atoms with Gasteiger partial charge in [0, 0.05) is 13.0 Å². The van der Waals surface area contributed by atoms with E-state index >= 15 is 0 Å². The lowest BCUT2D eigenvalue weighted by atomic mass is 9.98. The lowest BCUT2D eigenvalue weighted by Crippen LogP contribution is -2.17. The minimum atomic E-state index is 0.597. The summed E-state index contributed by atoms with van der Waals surface area (Å²) in [6.45, 7) is 2.48. The SMILES string of the molecule is CN(C)CCc1nc(N)ccc1C1=CCOCC1. The van der Waals surface area contributed by atoms with Crippen molar-refractivity contribution in [2.24, 2.45) is 0 Å². The summed E-state index contributed by atoms with van der Waals surface area (Å²) in [5, 5.41) is 0. The Kier molecular flexibility index (Phi) is 4.33. The van der Waals surface area contributed by atoms with Crippen molar-refractivity contribution in [3.05, 3.63) is 29.5 Å². The molecule has 0 atom stereocenters. The number of hydrogen-bond acceptors (Lipinski definition) is 4. The highest BCUT2D eigenvalue weighted by Gasteiger charge is 2.12. The summed E-state index contributed by atoms with van der Waals surface area (Å²) in [7, 11) is 4.14. The summed E-state index contributed by atoms with van der Waals surface area (Å²) in [6.07, 6.45) is 4.03. The second kappa shape index (κ2) is 5.98. The van der Waals surface area contributed by atoms with Crippen LogP contribution in [0.5, 0.6) is 0 Å². The second-order valence-electron chi connectivity index (χ2n) is 4.84. The summed E-state index contributed by atoms with van der Waals surface area (Å²) in [5.74, 6) is 0.597. The third-order valence-electron chi connectivity index (χ3n) is 3.10. The number of likely N-dealkylation sites (N-methyl/N-ethyl adjacent to an activating group) is 1. The largest absolute Gasteiger partial charge is 0.384 e. The van der Waals surface area contributed by atoms with E-state index < -0.39 is 0 Å². The number of nitrogens with zero attached hydrogens (tertiary/aromatic N) is 2. The molecule has 1 aromatic rings. The molecule has 1 aromatic heterocycles. The van der Waals surface area contributed by atoms with Crippen LogP contribution in [0.15, 0.2) is 18.2 Å². The average molecular weight is 247 g/mol. The highest BCUT2D eigenvalue weighted by Crippen LogP contribution is 2.24. The summed E-state index contributed by atoms with van der Waals surface area (Å²) in [5.41, 5.74) is 9.46. The molecule has 0 aromatic carbocycles. The van der Waals surface area contributed by atoms with Crippen molar-refractivity contribution in [1.82, 2.24) is 9.88 Å². The standard InChI is InChI=1S/C14H21N3O/c1-17(2)8-5-13-12(3-4-14(15)16-13)11-6-9-18-10-7-11/h3-4,6H,5,7-10H2,1-2H3,(H2,15,16). The highest BCUT2D eigenvalue weighted by atomic mass is 16.5. The lowest BCUT2D eigenvalue weighted by Gasteiger charge is -2.18. The molecule has 0 aliphatic carbocycles. The fourth-order valence-corrected chi connectivity index (χ4v) is 2.10. The molecule has 0 fully saturated rings. The third kappa shape index (κ3) is 3.31. The van der Waals surface area contributed by atoms with Crippen LogP contribution in [0.1, 0.15) is 17.7 Å². The molecule has 2 heterocycles. The molecule has 4 nitrogen and oxygen atoms in total. The normalized spacial score (nSPS) is 15.8. The van der Waals surface area contributed by atoms with Gasteiger partial charge in [0.05, 0.1) is 18.9 Å². The van der Waals surface area contributed by atoms with E-state index in [1.165, 1.54) is 11.1 Å². The van der Waals surface area contributed by atoms with E-state index in [2.05, 4.69) is 36.1 Å². The first-order valence-corrected chi connectivity index (χ1v) is 6.34. The second-order valence-corrected chi connectivity index (χ2v) is 4.84. The highest BCUT2D eigenvalue weighted by molar-refractivity contribution is 5.68. The van der Waals surface area contributed by atoms with Gasteiger partial charge in [0.15, 0.2) is 0 Å². The van der Waals surface area contributed by atoms with E-state index in [1.54, 1.807) is 0 Å². The Morgan fingerprint density at radius 2 is 2.22 bits per heavy atom. The van der Waals surface area contributed by atoms with Crippen molar-refractivity contribution >= 4 is 11.4 Å². The van der Waals surface area contributed by atoms with Crippen LogP contribution >= 0.6 is 0 Å². The van der Waals surface area contributed by atoms with Gasteiger partial charge in [0.25, 0.3) is 0 Å². The summed E-state index contributed by atoms with van der Waals surface area (Å²) in [6, 6.07) is 3.97. The number of ether oxygens (including phenoxy) is 1. The molecular formula is C14H21N3O. The van der Waals surface area contributed by atoms with Crippen molar-refractivity contribution in [1.29, 1.82) is 0 Å². The van der Waals surface area contributed by atoms with Gasteiger partial charge >= 0.3 is 0 Å².